The molecule has 0 radical (unpaired) electrons. The summed E-state index contributed by atoms with van der Waals surface area (Å²) in [5.41, 5.74) is 0. The van der Waals surface area contributed by atoms with Crippen LogP contribution in [0.3, 0.4) is 0 Å². The van der Waals surface area contributed by atoms with Crippen LogP contribution in [0, 0.1) is 5.92 Å². The number of aromatic nitrogens is 2. The van der Waals surface area contributed by atoms with E-state index in [1.165, 1.54) is 38.1 Å². The Morgan fingerprint density at radius 3 is 3.27 bits per heavy atom. The Morgan fingerprint density at radius 2 is 2.53 bits per heavy atom. The molecule has 1 fully saturated rings. The number of hydrogen-bond donors (Lipinski definition) is 1. The van der Waals surface area contributed by atoms with E-state index in [2.05, 4.69) is 15.3 Å². The average molecular weight is 223 g/mol. The topological polar surface area (TPSA) is 37.8 Å². The van der Waals surface area contributed by atoms with Gasteiger partial charge in [0.1, 0.15) is 6.33 Å². The highest BCUT2D eigenvalue weighted by molar-refractivity contribution is 7.99. The Kier molecular flexibility index (Phi) is 4.41. The molecule has 1 N–H and O–H groups in total. The zero-order valence-electron chi connectivity index (χ0n) is 8.85. The van der Waals surface area contributed by atoms with Crippen molar-refractivity contribution in [2.45, 2.75) is 24.3 Å². The third kappa shape index (κ3) is 3.80. The number of hydrogen-bond acceptors (Lipinski definition) is 4. The van der Waals surface area contributed by atoms with Crippen LogP contribution in [0.5, 0.6) is 0 Å². The summed E-state index contributed by atoms with van der Waals surface area (Å²) in [5, 5.41) is 4.54. The van der Waals surface area contributed by atoms with Gasteiger partial charge in [-0.05, 0) is 50.1 Å². The maximum absolute atomic E-state index is 4.20. The van der Waals surface area contributed by atoms with Crippen LogP contribution in [0.4, 0.5) is 0 Å². The molecule has 1 saturated heterocycles. The van der Waals surface area contributed by atoms with Gasteiger partial charge in [0.25, 0.3) is 0 Å². The highest BCUT2D eigenvalue weighted by Gasteiger charge is 2.12. The molecule has 15 heavy (non-hydrogen) atoms. The maximum Gasteiger partial charge on any atom is 0.116 e. The molecular weight excluding hydrogens is 206 g/mol. The summed E-state index contributed by atoms with van der Waals surface area (Å²) >= 11 is 1.84. The first-order valence-corrected chi connectivity index (χ1v) is 6.53. The van der Waals surface area contributed by atoms with E-state index in [0.717, 1.165) is 10.9 Å². The molecular formula is C11H17N3S. The molecule has 3 nitrogen and oxygen atoms in total. The van der Waals surface area contributed by atoms with E-state index < -0.39 is 0 Å². The molecule has 0 amide bonds. The standard InChI is InChI=1S/C11H17N3S/c1-2-10(8-12-5-1)4-7-15-11-3-6-13-9-14-11/h3,6,9-10,12H,1-2,4-5,7-8H2. The van der Waals surface area contributed by atoms with Gasteiger partial charge in [-0.1, -0.05) is 0 Å². The van der Waals surface area contributed by atoms with Crippen LogP contribution in [-0.2, 0) is 0 Å². The van der Waals surface area contributed by atoms with Gasteiger partial charge in [0.2, 0.25) is 0 Å². The second-order valence-corrected chi connectivity index (χ2v) is 5.01. The van der Waals surface area contributed by atoms with Crippen LogP contribution in [0.25, 0.3) is 0 Å². The third-order valence-corrected chi connectivity index (χ3v) is 3.71. The molecule has 1 aromatic heterocycles. The van der Waals surface area contributed by atoms with Crippen molar-refractivity contribution in [2.24, 2.45) is 5.92 Å². The fourth-order valence-corrected chi connectivity index (χ4v) is 2.80. The predicted molar refractivity (Wildman–Crippen MR) is 63.0 cm³/mol. The van der Waals surface area contributed by atoms with Crippen LogP contribution in [0.15, 0.2) is 23.6 Å². The molecule has 0 aromatic carbocycles. The van der Waals surface area contributed by atoms with Gasteiger partial charge < -0.3 is 5.32 Å². The van der Waals surface area contributed by atoms with Crippen molar-refractivity contribution >= 4 is 11.8 Å². The molecule has 1 aliphatic heterocycles. The molecule has 1 unspecified atom stereocenters. The summed E-state index contributed by atoms with van der Waals surface area (Å²) in [7, 11) is 0. The lowest BCUT2D eigenvalue weighted by Gasteiger charge is -2.22. The number of piperidine rings is 1. The molecule has 2 rings (SSSR count). The molecule has 0 saturated carbocycles. The van der Waals surface area contributed by atoms with E-state index in [9.17, 15) is 0 Å². The van der Waals surface area contributed by atoms with E-state index >= 15 is 0 Å². The Hall–Kier alpha value is -0.610. The summed E-state index contributed by atoms with van der Waals surface area (Å²) in [6.07, 6.45) is 7.43. The van der Waals surface area contributed by atoms with Crippen molar-refractivity contribution in [3.8, 4) is 0 Å². The van der Waals surface area contributed by atoms with Gasteiger partial charge in [0.05, 0.1) is 5.03 Å². The highest BCUT2D eigenvalue weighted by Crippen LogP contribution is 2.20. The molecule has 1 atom stereocenters. The lowest BCUT2D eigenvalue weighted by atomic mass is 9.97. The summed E-state index contributed by atoms with van der Waals surface area (Å²) in [4.78, 5) is 8.11. The van der Waals surface area contributed by atoms with Gasteiger partial charge in [-0.2, -0.15) is 0 Å². The average Bonchev–Trinajstić information content (AvgIpc) is 2.32. The van der Waals surface area contributed by atoms with Gasteiger partial charge in [-0.3, -0.25) is 0 Å². The molecule has 2 heterocycles. The number of nitrogens with one attached hydrogen (secondary N) is 1. The molecule has 1 aromatic rings. The first-order valence-electron chi connectivity index (χ1n) is 5.54. The SMILES string of the molecule is c1cc(SCCC2CCCNC2)ncn1. The van der Waals surface area contributed by atoms with Gasteiger partial charge >= 0.3 is 0 Å². The summed E-state index contributed by atoms with van der Waals surface area (Å²) < 4.78 is 0. The minimum absolute atomic E-state index is 0.869. The van der Waals surface area contributed by atoms with Crippen LogP contribution in [0.1, 0.15) is 19.3 Å². The Labute approximate surface area is 95.1 Å². The Balaban J connectivity index is 1.66. The van der Waals surface area contributed by atoms with Crippen molar-refractivity contribution < 1.29 is 0 Å². The second-order valence-electron chi connectivity index (χ2n) is 3.90. The Morgan fingerprint density at radius 1 is 1.53 bits per heavy atom. The van der Waals surface area contributed by atoms with Crippen LogP contribution < -0.4 is 5.32 Å². The van der Waals surface area contributed by atoms with E-state index in [4.69, 9.17) is 0 Å². The predicted octanol–water partition coefficient (Wildman–Crippen LogP) is 1.96. The van der Waals surface area contributed by atoms with Gasteiger partial charge in [-0.25, -0.2) is 9.97 Å². The van der Waals surface area contributed by atoms with E-state index in [1.807, 2.05) is 17.8 Å². The molecule has 0 bridgehead atoms. The number of nitrogens with zero attached hydrogens (tertiary/aromatic N) is 2. The molecule has 4 heteroatoms. The largest absolute Gasteiger partial charge is 0.316 e. The van der Waals surface area contributed by atoms with Crippen molar-refractivity contribution in [2.75, 3.05) is 18.8 Å². The van der Waals surface area contributed by atoms with Gasteiger partial charge in [0.15, 0.2) is 0 Å². The minimum Gasteiger partial charge on any atom is -0.316 e. The summed E-state index contributed by atoms with van der Waals surface area (Å²) in [6.45, 7) is 2.40. The van der Waals surface area contributed by atoms with Gasteiger partial charge in [0, 0.05) is 6.20 Å². The molecule has 82 valence electrons. The van der Waals surface area contributed by atoms with Crippen molar-refractivity contribution in [1.29, 1.82) is 0 Å². The lowest BCUT2D eigenvalue weighted by Crippen LogP contribution is -2.29. The smallest absolute Gasteiger partial charge is 0.116 e. The maximum atomic E-state index is 4.20. The van der Waals surface area contributed by atoms with E-state index in [0.29, 0.717) is 0 Å². The molecule has 0 spiro atoms. The molecule has 0 aliphatic carbocycles. The number of rotatable bonds is 4. The highest BCUT2D eigenvalue weighted by atomic mass is 32.2. The van der Waals surface area contributed by atoms with Gasteiger partial charge in [-0.15, -0.1) is 11.8 Å². The quantitative estimate of drug-likeness (QED) is 0.625. The van der Waals surface area contributed by atoms with Crippen molar-refractivity contribution in [3.05, 3.63) is 18.6 Å². The minimum atomic E-state index is 0.869. The first-order chi connectivity index (χ1) is 7.45. The van der Waals surface area contributed by atoms with Crippen LogP contribution in [0.2, 0.25) is 0 Å². The second kappa shape index (κ2) is 6.08. The Bertz CT molecular complexity index is 272. The summed E-state index contributed by atoms with van der Waals surface area (Å²) in [5.74, 6) is 2.04. The summed E-state index contributed by atoms with van der Waals surface area (Å²) in [6, 6.07) is 1.98. The first kappa shape index (κ1) is 10.9. The monoisotopic (exact) mass is 223 g/mol. The number of thioether (sulfide) groups is 1. The third-order valence-electron chi connectivity index (χ3n) is 2.73. The van der Waals surface area contributed by atoms with Crippen LogP contribution >= 0.6 is 11.8 Å². The van der Waals surface area contributed by atoms with Crippen molar-refractivity contribution in [3.63, 3.8) is 0 Å². The fraction of sp³-hybridized carbons (Fsp3) is 0.636. The van der Waals surface area contributed by atoms with Crippen LogP contribution in [-0.4, -0.2) is 28.8 Å². The van der Waals surface area contributed by atoms with Crippen molar-refractivity contribution in [1.82, 2.24) is 15.3 Å². The zero-order chi connectivity index (χ0) is 10.3. The normalized spacial score (nSPS) is 21.5. The van der Waals surface area contributed by atoms with E-state index in [-0.39, 0.29) is 0 Å². The molecule has 1 aliphatic rings. The zero-order valence-corrected chi connectivity index (χ0v) is 9.67. The fourth-order valence-electron chi connectivity index (χ4n) is 1.86. The lowest BCUT2D eigenvalue weighted by molar-refractivity contribution is 0.371. The van der Waals surface area contributed by atoms with E-state index in [1.54, 1.807) is 12.5 Å².